The number of aromatic nitrogens is 4. The highest BCUT2D eigenvalue weighted by molar-refractivity contribution is 7.98. The third kappa shape index (κ3) is 2.20. The molecule has 7 heteroatoms. The molecule has 3 rings (SSSR count). The van der Waals surface area contributed by atoms with E-state index in [9.17, 15) is 4.79 Å². The van der Waals surface area contributed by atoms with Crippen LogP contribution in [0.25, 0.3) is 5.78 Å². The lowest BCUT2D eigenvalue weighted by Gasteiger charge is -2.26. The number of aromatic amines is 1. The summed E-state index contributed by atoms with van der Waals surface area (Å²) in [7, 11) is 0. The predicted molar refractivity (Wildman–Crippen MR) is 66.1 cm³/mol. The molecule has 3 heterocycles. The Bertz CT molecular complexity index is 573. The van der Waals surface area contributed by atoms with Crippen molar-refractivity contribution in [2.45, 2.75) is 5.75 Å². The Labute approximate surface area is 102 Å². The van der Waals surface area contributed by atoms with Crippen LogP contribution in [0.2, 0.25) is 0 Å². The summed E-state index contributed by atoms with van der Waals surface area (Å²) in [6.07, 6.45) is 1.47. The van der Waals surface area contributed by atoms with Crippen molar-refractivity contribution in [1.29, 1.82) is 0 Å². The maximum Gasteiger partial charge on any atom is 0.274 e. The van der Waals surface area contributed by atoms with Crippen molar-refractivity contribution < 1.29 is 0 Å². The van der Waals surface area contributed by atoms with Crippen LogP contribution in [0.5, 0.6) is 0 Å². The highest BCUT2D eigenvalue weighted by atomic mass is 32.2. The topological polar surface area (TPSA) is 75.1 Å². The Hall–Kier alpha value is -1.34. The van der Waals surface area contributed by atoms with Gasteiger partial charge in [-0.3, -0.25) is 9.89 Å². The van der Waals surface area contributed by atoms with Crippen molar-refractivity contribution in [3.8, 4) is 0 Å². The summed E-state index contributed by atoms with van der Waals surface area (Å²) in [6.45, 7) is 2.23. The normalized spacial score (nSPS) is 16.2. The van der Waals surface area contributed by atoms with E-state index in [1.165, 1.54) is 10.8 Å². The first kappa shape index (κ1) is 10.8. The number of nitrogens with zero attached hydrogens (tertiary/aromatic N) is 3. The molecule has 1 fully saturated rings. The van der Waals surface area contributed by atoms with Gasteiger partial charge in [-0.25, -0.2) is 9.97 Å². The Morgan fingerprint density at radius 3 is 3.18 bits per heavy atom. The van der Waals surface area contributed by atoms with Crippen LogP contribution in [-0.4, -0.2) is 38.4 Å². The monoisotopic (exact) mass is 251 g/mol. The van der Waals surface area contributed by atoms with Crippen molar-refractivity contribution in [2.24, 2.45) is 5.92 Å². The van der Waals surface area contributed by atoms with Crippen LogP contribution in [-0.2, 0) is 5.75 Å². The number of hydrogen-bond donors (Lipinski definition) is 2. The molecule has 0 spiro atoms. The minimum atomic E-state index is -0.103. The third-order valence-corrected chi connectivity index (χ3v) is 4.00. The van der Waals surface area contributed by atoms with Gasteiger partial charge in [0.1, 0.15) is 6.33 Å². The molecule has 90 valence electrons. The van der Waals surface area contributed by atoms with Crippen LogP contribution >= 0.6 is 11.8 Å². The number of fused-ring (bicyclic) bond motifs is 1. The van der Waals surface area contributed by atoms with E-state index in [4.69, 9.17) is 0 Å². The van der Waals surface area contributed by atoms with Crippen molar-refractivity contribution in [3.63, 3.8) is 0 Å². The van der Waals surface area contributed by atoms with Crippen LogP contribution in [0.1, 0.15) is 5.69 Å². The van der Waals surface area contributed by atoms with E-state index in [1.807, 2.05) is 11.8 Å². The van der Waals surface area contributed by atoms with Crippen LogP contribution < -0.4 is 10.9 Å². The molecule has 0 radical (unpaired) electrons. The Kier molecular flexibility index (Phi) is 2.86. The molecule has 17 heavy (non-hydrogen) atoms. The molecule has 6 nitrogen and oxygen atoms in total. The van der Waals surface area contributed by atoms with Crippen LogP contribution in [0.15, 0.2) is 17.2 Å². The zero-order valence-electron chi connectivity index (χ0n) is 9.22. The lowest BCUT2D eigenvalue weighted by atomic mass is 10.1. The quantitative estimate of drug-likeness (QED) is 0.792. The van der Waals surface area contributed by atoms with Gasteiger partial charge < -0.3 is 5.32 Å². The second kappa shape index (κ2) is 4.50. The fourth-order valence-corrected chi connectivity index (χ4v) is 2.78. The predicted octanol–water partition coefficient (Wildman–Crippen LogP) is -0.130. The lowest BCUT2D eigenvalue weighted by molar-refractivity contribution is 0.385. The fraction of sp³-hybridized carbons (Fsp3) is 0.500. The summed E-state index contributed by atoms with van der Waals surface area (Å²) in [6, 6.07) is 1.57. The van der Waals surface area contributed by atoms with Crippen LogP contribution in [0.3, 0.4) is 0 Å². The molecule has 2 N–H and O–H groups in total. The maximum absolute atomic E-state index is 11.7. The van der Waals surface area contributed by atoms with Gasteiger partial charge in [0.05, 0.1) is 5.69 Å². The first-order valence-corrected chi connectivity index (χ1v) is 6.69. The molecule has 0 unspecified atom stereocenters. The molecule has 0 atom stereocenters. The highest BCUT2D eigenvalue weighted by Gasteiger charge is 2.16. The Morgan fingerprint density at radius 2 is 2.41 bits per heavy atom. The standard InChI is InChI=1S/C10H13N5OS/c16-9-1-8(5-17-4-7-2-11-3-7)14-10-12-6-13-15(9)10/h1,6-7,11H,2-5H2,(H,12,13,14). The van der Waals surface area contributed by atoms with Crippen molar-refractivity contribution in [1.82, 2.24) is 24.9 Å². The largest absolute Gasteiger partial charge is 0.316 e. The number of H-pyrrole nitrogens is 1. The van der Waals surface area contributed by atoms with Crippen LogP contribution in [0, 0.1) is 5.92 Å². The van der Waals surface area contributed by atoms with Gasteiger partial charge in [-0.1, -0.05) is 0 Å². The van der Waals surface area contributed by atoms with Gasteiger partial charge in [0.15, 0.2) is 0 Å². The number of hydrogen-bond acceptors (Lipinski definition) is 5. The Balaban J connectivity index is 1.69. The summed E-state index contributed by atoms with van der Waals surface area (Å²) >= 11 is 1.82. The van der Waals surface area contributed by atoms with Crippen molar-refractivity contribution >= 4 is 17.5 Å². The van der Waals surface area contributed by atoms with E-state index in [1.54, 1.807) is 6.07 Å². The second-order valence-corrected chi connectivity index (χ2v) is 5.18. The average Bonchev–Trinajstić information content (AvgIpc) is 2.70. The molecule has 0 bridgehead atoms. The zero-order valence-corrected chi connectivity index (χ0v) is 10.0. The van der Waals surface area contributed by atoms with E-state index >= 15 is 0 Å². The van der Waals surface area contributed by atoms with E-state index < -0.39 is 0 Å². The van der Waals surface area contributed by atoms with E-state index in [2.05, 4.69) is 20.4 Å². The van der Waals surface area contributed by atoms with Crippen molar-refractivity contribution in [3.05, 3.63) is 28.4 Å². The summed E-state index contributed by atoms with van der Waals surface area (Å²) in [5.41, 5.74) is 0.702. The van der Waals surface area contributed by atoms with Crippen LogP contribution in [0.4, 0.5) is 0 Å². The van der Waals surface area contributed by atoms with Gasteiger partial charge >= 0.3 is 0 Å². The Morgan fingerprint density at radius 1 is 1.53 bits per heavy atom. The van der Waals surface area contributed by atoms with E-state index in [-0.39, 0.29) is 5.56 Å². The third-order valence-electron chi connectivity index (χ3n) is 2.79. The summed E-state index contributed by atoms with van der Waals surface area (Å²) in [5, 5.41) is 5.97. The van der Waals surface area contributed by atoms with Gasteiger partial charge in [-0.05, 0) is 24.8 Å². The number of rotatable bonds is 4. The molecule has 0 saturated carbocycles. The summed E-state index contributed by atoms with van der Waals surface area (Å²) in [5.74, 6) is 3.11. The molecule has 0 aliphatic carbocycles. The molecular formula is C10H13N5OS. The molecule has 1 aliphatic rings. The SMILES string of the molecule is O=c1cc(CSCC2CNC2)nc2nc[nH]n12. The average molecular weight is 251 g/mol. The molecule has 0 amide bonds. The van der Waals surface area contributed by atoms with Crippen molar-refractivity contribution in [2.75, 3.05) is 18.8 Å². The van der Waals surface area contributed by atoms with Gasteiger partial charge in [-0.2, -0.15) is 16.3 Å². The lowest BCUT2D eigenvalue weighted by Crippen LogP contribution is -2.43. The fourth-order valence-electron chi connectivity index (χ4n) is 1.74. The maximum atomic E-state index is 11.7. The number of thioether (sulfide) groups is 1. The minimum Gasteiger partial charge on any atom is -0.316 e. The van der Waals surface area contributed by atoms with Gasteiger partial charge in [0.25, 0.3) is 11.3 Å². The summed E-state index contributed by atoms with van der Waals surface area (Å²) in [4.78, 5) is 20.0. The summed E-state index contributed by atoms with van der Waals surface area (Å²) < 4.78 is 1.34. The first-order chi connectivity index (χ1) is 8.33. The van der Waals surface area contributed by atoms with Gasteiger partial charge in [0.2, 0.25) is 0 Å². The van der Waals surface area contributed by atoms with E-state index in [0.29, 0.717) is 5.78 Å². The molecule has 0 aromatic carbocycles. The van der Waals surface area contributed by atoms with E-state index in [0.717, 1.165) is 36.2 Å². The molecular weight excluding hydrogens is 238 g/mol. The molecule has 1 aliphatic heterocycles. The zero-order chi connectivity index (χ0) is 11.7. The molecule has 2 aromatic rings. The first-order valence-electron chi connectivity index (χ1n) is 5.53. The second-order valence-electron chi connectivity index (χ2n) is 4.15. The van der Waals surface area contributed by atoms with Gasteiger partial charge in [0, 0.05) is 11.8 Å². The molecule has 2 aromatic heterocycles. The smallest absolute Gasteiger partial charge is 0.274 e. The minimum absolute atomic E-state index is 0.103. The highest BCUT2D eigenvalue weighted by Crippen LogP contribution is 2.16. The molecule has 1 saturated heterocycles. The number of nitrogens with one attached hydrogen (secondary N) is 2. The van der Waals surface area contributed by atoms with Gasteiger partial charge in [-0.15, -0.1) is 0 Å².